The Labute approximate surface area is 105 Å². The lowest BCUT2D eigenvalue weighted by Crippen LogP contribution is -2.24. The summed E-state index contributed by atoms with van der Waals surface area (Å²) < 4.78 is 13.1. The zero-order valence-corrected chi connectivity index (χ0v) is 10.7. The van der Waals surface area contributed by atoms with Crippen LogP contribution in [0.15, 0.2) is 35.7 Å². The largest absolute Gasteiger partial charge is 0.385 e. The molecular formula is C14H15FOS. The summed E-state index contributed by atoms with van der Waals surface area (Å²) in [4.78, 5) is 1.10. The number of thiophene rings is 1. The Morgan fingerprint density at radius 3 is 2.71 bits per heavy atom. The van der Waals surface area contributed by atoms with Crippen LogP contribution in [0.4, 0.5) is 4.39 Å². The van der Waals surface area contributed by atoms with E-state index < -0.39 is 5.60 Å². The summed E-state index contributed by atoms with van der Waals surface area (Å²) in [5.74, 6) is -0.264. The van der Waals surface area contributed by atoms with Crippen molar-refractivity contribution >= 4 is 11.3 Å². The summed E-state index contributed by atoms with van der Waals surface area (Å²) in [6.07, 6.45) is 0.419. The summed E-state index contributed by atoms with van der Waals surface area (Å²) in [7, 11) is 0. The normalized spacial score (nSPS) is 14.6. The fourth-order valence-electron chi connectivity index (χ4n) is 2.08. The van der Waals surface area contributed by atoms with Crippen molar-refractivity contribution in [1.29, 1.82) is 0 Å². The summed E-state index contributed by atoms with van der Waals surface area (Å²) in [6, 6.07) is 8.31. The molecule has 2 rings (SSSR count). The van der Waals surface area contributed by atoms with Crippen molar-refractivity contribution in [1.82, 2.24) is 0 Å². The average Bonchev–Trinajstić information content (AvgIpc) is 2.64. The first kappa shape index (κ1) is 12.3. The quantitative estimate of drug-likeness (QED) is 0.881. The van der Waals surface area contributed by atoms with Crippen LogP contribution in [0, 0.1) is 12.7 Å². The van der Waals surface area contributed by atoms with E-state index in [1.807, 2.05) is 24.4 Å². The Bertz CT molecular complexity index is 516. The van der Waals surface area contributed by atoms with E-state index in [0.29, 0.717) is 6.42 Å². The molecule has 0 spiro atoms. The third-order valence-electron chi connectivity index (χ3n) is 2.88. The first-order chi connectivity index (χ1) is 7.99. The third kappa shape index (κ3) is 2.73. The van der Waals surface area contributed by atoms with Crippen LogP contribution in [0.1, 0.15) is 22.9 Å². The van der Waals surface area contributed by atoms with Crippen LogP contribution in [0.3, 0.4) is 0 Å². The average molecular weight is 250 g/mol. The molecule has 1 aromatic heterocycles. The van der Waals surface area contributed by atoms with Crippen molar-refractivity contribution < 1.29 is 9.50 Å². The Morgan fingerprint density at radius 1 is 1.35 bits per heavy atom. The van der Waals surface area contributed by atoms with Crippen molar-refractivity contribution in [2.45, 2.75) is 25.9 Å². The first-order valence-electron chi connectivity index (χ1n) is 5.50. The molecule has 1 nitrogen and oxygen atoms in total. The van der Waals surface area contributed by atoms with Gasteiger partial charge in [0, 0.05) is 11.3 Å². The number of aryl methyl sites for hydroxylation is 1. The lowest BCUT2D eigenvalue weighted by molar-refractivity contribution is 0.0574. The minimum Gasteiger partial charge on any atom is -0.385 e. The van der Waals surface area contributed by atoms with Gasteiger partial charge in [-0.3, -0.25) is 0 Å². The van der Waals surface area contributed by atoms with Gasteiger partial charge in [-0.25, -0.2) is 4.39 Å². The van der Waals surface area contributed by atoms with E-state index in [4.69, 9.17) is 0 Å². The van der Waals surface area contributed by atoms with Crippen LogP contribution >= 0.6 is 11.3 Å². The highest BCUT2D eigenvalue weighted by Gasteiger charge is 2.26. The molecule has 3 heteroatoms. The van der Waals surface area contributed by atoms with Crippen LogP contribution in [0.5, 0.6) is 0 Å². The highest BCUT2D eigenvalue weighted by molar-refractivity contribution is 7.10. The molecule has 1 heterocycles. The summed E-state index contributed by atoms with van der Waals surface area (Å²) in [6.45, 7) is 3.76. The molecule has 17 heavy (non-hydrogen) atoms. The molecule has 0 fully saturated rings. The van der Waals surface area contributed by atoms with Crippen LogP contribution in [0.25, 0.3) is 0 Å². The summed E-state index contributed by atoms with van der Waals surface area (Å²) >= 11 is 1.61. The molecular weight excluding hydrogens is 235 g/mol. The van der Waals surface area contributed by atoms with E-state index >= 15 is 0 Å². The van der Waals surface area contributed by atoms with Gasteiger partial charge in [-0.2, -0.15) is 0 Å². The van der Waals surface area contributed by atoms with E-state index in [0.717, 1.165) is 16.0 Å². The Kier molecular flexibility index (Phi) is 3.31. The highest BCUT2D eigenvalue weighted by Crippen LogP contribution is 2.30. The molecule has 0 aliphatic carbocycles. The number of hydrogen-bond donors (Lipinski definition) is 1. The first-order valence-corrected chi connectivity index (χ1v) is 6.38. The minimum absolute atomic E-state index is 0.264. The van der Waals surface area contributed by atoms with Crippen LogP contribution in [0.2, 0.25) is 0 Å². The maximum absolute atomic E-state index is 13.1. The van der Waals surface area contributed by atoms with E-state index in [1.54, 1.807) is 24.3 Å². The molecule has 0 amide bonds. The second-order valence-corrected chi connectivity index (χ2v) is 5.59. The topological polar surface area (TPSA) is 20.2 Å². The number of halogens is 1. The van der Waals surface area contributed by atoms with Crippen molar-refractivity contribution in [2.24, 2.45) is 0 Å². The molecule has 0 saturated heterocycles. The number of benzene rings is 1. The van der Waals surface area contributed by atoms with Crippen LogP contribution in [-0.2, 0) is 12.0 Å². The van der Waals surface area contributed by atoms with Gasteiger partial charge in [0.25, 0.3) is 0 Å². The van der Waals surface area contributed by atoms with Crippen molar-refractivity contribution in [3.63, 3.8) is 0 Å². The molecule has 90 valence electrons. The van der Waals surface area contributed by atoms with E-state index in [9.17, 15) is 9.50 Å². The van der Waals surface area contributed by atoms with E-state index in [-0.39, 0.29) is 5.82 Å². The number of hydrogen-bond acceptors (Lipinski definition) is 2. The third-order valence-corrected chi connectivity index (χ3v) is 3.72. The molecule has 1 aromatic carbocycles. The number of rotatable bonds is 3. The smallest absolute Gasteiger partial charge is 0.123 e. The second kappa shape index (κ2) is 4.59. The Hall–Kier alpha value is -1.19. The predicted molar refractivity (Wildman–Crippen MR) is 68.7 cm³/mol. The molecule has 0 aliphatic heterocycles. The van der Waals surface area contributed by atoms with Gasteiger partial charge in [0.15, 0.2) is 0 Å². The van der Waals surface area contributed by atoms with Gasteiger partial charge >= 0.3 is 0 Å². The SMILES string of the molecule is Cc1sccc1C(C)(O)Cc1cccc(F)c1. The highest BCUT2D eigenvalue weighted by atomic mass is 32.1. The molecule has 0 aliphatic rings. The fourth-order valence-corrected chi connectivity index (χ4v) is 2.91. The second-order valence-electron chi connectivity index (χ2n) is 4.47. The monoisotopic (exact) mass is 250 g/mol. The standard InChI is InChI=1S/C14H15FOS/c1-10-13(6-7-17-10)14(2,16)9-11-4-3-5-12(15)8-11/h3-8,16H,9H2,1-2H3. The van der Waals surface area contributed by atoms with Gasteiger partial charge in [-0.15, -0.1) is 11.3 Å². The minimum atomic E-state index is -0.947. The van der Waals surface area contributed by atoms with E-state index in [1.165, 1.54) is 12.1 Å². The van der Waals surface area contributed by atoms with Gasteiger partial charge < -0.3 is 5.11 Å². The molecule has 1 atom stereocenters. The molecule has 0 bridgehead atoms. The van der Waals surface area contributed by atoms with Gasteiger partial charge in [-0.05, 0) is 48.6 Å². The molecule has 2 aromatic rings. The van der Waals surface area contributed by atoms with Gasteiger partial charge in [0.2, 0.25) is 0 Å². The summed E-state index contributed by atoms with van der Waals surface area (Å²) in [5, 5.41) is 12.4. The molecule has 1 N–H and O–H groups in total. The Balaban J connectivity index is 2.26. The zero-order chi connectivity index (χ0) is 12.5. The van der Waals surface area contributed by atoms with Gasteiger partial charge in [-0.1, -0.05) is 12.1 Å². The molecule has 0 saturated carbocycles. The zero-order valence-electron chi connectivity index (χ0n) is 9.90. The summed E-state index contributed by atoms with van der Waals surface area (Å²) in [5.41, 5.74) is 0.782. The van der Waals surface area contributed by atoms with Gasteiger partial charge in [0.05, 0.1) is 5.60 Å². The maximum Gasteiger partial charge on any atom is 0.123 e. The lowest BCUT2D eigenvalue weighted by atomic mass is 9.89. The van der Waals surface area contributed by atoms with Crippen molar-refractivity contribution in [3.8, 4) is 0 Å². The fraction of sp³-hybridized carbons (Fsp3) is 0.286. The molecule has 0 radical (unpaired) electrons. The number of aliphatic hydroxyl groups is 1. The molecule has 1 unspecified atom stereocenters. The van der Waals surface area contributed by atoms with Crippen LogP contribution in [-0.4, -0.2) is 5.11 Å². The van der Waals surface area contributed by atoms with E-state index in [2.05, 4.69) is 0 Å². The Morgan fingerprint density at radius 2 is 2.12 bits per heavy atom. The lowest BCUT2D eigenvalue weighted by Gasteiger charge is -2.23. The van der Waals surface area contributed by atoms with Crippen LogP contribution < -0.4 is 0 Å². The predicted octanol–water partition coefficient (Wildman–Crippen LogP) is 3.65. The van der Waals surface area contributed by atoms with Gasteiger partial charge in [0.1, 0.15) is 5.82 Å². The van der Waals surface area contributed by atoms with Crippen molar-refractivity contribution in [3.05, 3.63) is 57.5 Å². The maximum atomic E-state index is 13.1. The van der Waals surface area contributed by atoms with Crippen molar-refractivity contribution in [2.75, 3.05) is 0 Å².